The highest BCUT2D eigenvalue weighted by Gasteiger charge is 2.17. The van der Waals surface area contributed by atoms with Gasteiger partial charge < -0.3 is 14.2 Å². The first-order valence-corrected chi connectivity index (χ1v) is 11.0. The molecule has 0 aliphatic carbocycles. The number of nitrogens with one attached hydrogen (secondary N) is 1. The molecule has 0 aliphatic rings. The maximum absolute atomic E-state index is 12.8. The molecule has 3 aromatic carbocycles. The second-order valence-electron chi connectivity index (χ2n) is 7.43. The maximum Gasteiger partial charge on any atom is 0.291 e. The Labute approximate surface area is 203 Å². The lowest BCUT2D eigenvalue weighted by Crippen LogP contribution is -2.11. The van der Waals surface area contributed by atoms with Gasteiger partial charge in [0.2, 0.25) is 5.89 Å². The zero-order valence-electron chi connectivity index (χ0n) is 17.2. The lowest BCUT2D eigenvalue weighted by atomic mass is 10.2. The van der Waals surface area contributed by atoms with Crippen molar-refractivity contribution in [1.82, 2.24) is 4.98 Å². The van der Waals surface area contributed by atoms with Gasteiger partial charge in [0.05, 0.1) is 15.7 Å². The zero-order valence-corrected chi connectivity index (χ0v) is 19.4. The molecular formula is C25H15Cl3N2O3. The van der Waals surface area contributed by atoms with Crippen LogP contribution >= 0.6 is 34.8 Å². The Balaban J connectivity index is 1.42. The maximum atomic E-state index is 12.8. The number of carbonyl (C=O) groups is 1. The summed E-state index contributed by atoms with van der Waals surface area (Å²) in [7, 11) is 0. The fourth-order valence-electron chi connectivity index (χ4n) is 3.38. The molecule has 0 aliphatic heterocycles. The Morgan fingerprint density at radius 2 is 1.70 bits per heavy atom. The summed E-state index contributed by atoms with van der Waals surface area (Å²) >= 11 is 18.6. The van der Waals surface area contributed by atoms with Gasteiger partial charge in [0.25, 0.3) is 5.91 Å². The SMILES string of the molecule is Cc1ccc2nc(-c3ccc(Cl)c(NC(=O)c4ccc(-c5cc(Cl)ccc5Cl)o4)c3)oc2c1. The Morgan fingerprint density at radius 3 is 2.55 bits per heavy atom. The number of hydrogen-bond acceptors (Lipinski definition) is 4. The molecule has 5 rings (SSSR count). The summed E-state index contributed by atoms with van der Waals surface area (Å²) in [5.74, 6) is 0.486. The van der Waals surface area contributed by atoms with Crippen LogP contribution in [0.4, 0.5) is 5.69 Å². The molecule has 1 amide bonds. The highest BCUT2D eigenvalue weighted by atomic mass is 35.5. The summed E-state index contributed by atoms with van der Waals surface area (Å²) in [6, 6.07) is 19.2. The molecule has 0 unspecified atom stereocenters. The normalized spacial score (nSPS) is 11.2. The van der Waals surface area contributed by atoms with Crippen LogP contribution in [-0.2, 0) is 0 Å². The number of benzene rings is 3. The predicted molar refractivity (Wildman–Crippen MR) is 131 cm³/mol. The number of oxazole rings is 1. The van der Waals surface area contributed by atoms with Gasteiger partial charge in [0.1, 0.15) is 11.3 Å². The second kappa shape index (κ2) is 8.60. The average molecular weight is 498 g/mol. The Kier molecular flexibility index (Phi) is 5.62. The number of rotatable bonds is 4. The number of nitrogens with zero attached hydrogens (tertiary/aromatic N) is 1. The van der Waals surface area contributed by atoms with Crippen molar-refractivity contribution in [3.63, 3.8) is 0 Å². The van der Waals surface area contributed by atoms with Crippen molar-refractivity contribution in [2.75, 3.05) is 5.32 Å². The van der Waals surface area contributed by atoms with Crippen LogP contribution in [0.25, 0.3) is 33.9 Å². The number of halogens is 3. The molecule has 5 nitrogen and oxygen atoms in total. The van der Waals surface area contributed by atoms with Crippen molar-refractivity contribution < 1.29 is 13.6 Å². The largest absolute Gasteiger partial charge is 0.451 e. The molecular weight excluding hydrogens is 483 g/mol. The van der Waals surface area contributed by atoms with Crippen molar-refractivity contribution in [2.24, 2.45) is 0 Å². The van der Waals surface area contributed by atoms with E-state index in [0.29, 0.717) is 49.1 Å². The number of amides is 1. The van der Waals surface area contributed by atoms with Crippen LogP contribution in [0.15, 0.2) is 75.6 Å². The number of aryl methyl sites for hydroxylation is 1. The molecule has 2 aromatic heterocycles. The van der Waals surface area contributed by atoms with Crippen LogP contribution in [0.2, 0.25) is 15.1 Å². The minimum Gasteiger partial charge on any atom is -0.451 e. The first-order valence-electron chi connectivity index (χ1n) is 9.91. The average Bonchev–Trinajstić information content (AvgIpc) is 3.44. The standard InChI is InChI=1S/C25H15Cl3N2O3/c1-13-2-7-19-23(10-13)33-25(30-19)14-3-5-18(28)20(11-14)29-24(31)22-9-8-21(32-22)16-12-15(26)4-6-17(16)27/h2-12H,1H3,(H,29,31). The second-order valence-corrected chi connectivity index (χ2v) is 8.68. The Hall–Kier alpha value is -3.25. The van der Waals surface area contributed by atoms with E-state index >= 15 is 0 Å². The van der Waals surface area contributed by atoms with Crippen LogP contribution in [0.3, 0.4) is 0 Å². The highest BCUT2D eigenvalue weighted by molar-refractivity contribution is 6.35. The number of fused-ring (bicyclic) bond motifs is 1. The molecule has 0 bridgehead atoms. The Morgan fingerprint density at radius 1 is 0.879 bits per heavy atom. The quantitative estimate of drug-likeness (QED) is 0.271. The molecule has 0 spiro atoms. The molecule has 0 radical (unpaired) electrons. The van der Waals surface area contributed by atoms with Crippen LogP contribution < -0.4 is 5.32 Å². The van der Waals surface area contributed by atoms with Crippen molar-refractivity contribution >= 4 is 57.5 Å². The zero-order chi connectivity index (χ0) is 23.1. The summed E-state index contributed by atoms with van der Waals surface area (Å²) in [5, 5.41) is 4.11. The van der Waals surface area contributed by atoms with Crippen molar-refractivity contribution in [3.8, 4) is 22.8 Å². The van der Waals surface area contributed by atoms with E-state index in [0.717, 1.165) is 11.1 Å². The van der Waals surface area contributed by atoms with Crippen molar-refractivity contribution in [3.05, 3.63) is 93.1 Å². The minimum atomic E-state index is -0.466. The van der Waals surface area contributed by atoms with Gasteiger partial charge in [0.15, 0.2) is 11.3 Å². The molecule has 8 heteroatoms. The number of hydrogen-bond donors (Lipinski definition) is 1. The highest BCUT2D eigenvalue weighted by Crippen LogP contribution is 2.33. The van der Waals surface area contributed by atoms with E-state index in [-0.39, 0.29) is 5.76 Å². The molecule has 164 valence electrons. The van der Waals surface area contributed by atoms with E-state index in [4.69, 9.17) is 43.6 Å². The third-order valence-electron chi connectivity index (χ3n) is 5.03. The number of aromatic nitrogens is 1. The van der Waals surface area contributed by atoms with Gasteiger partial charge in [0, 0.05) is 16.1 Å². The van der Waals surface area contributed by atoms with E-state index in [9.17, 15) is 4.79 Å². The fourth-order valence-corrected chi connectivity index (χ4v) is 3.93. The molecule has 0 saturated heterocycles. The van der Waals surface area contributed by atoms with E-state index in [1.54, 1.807) is 48.5 Å². The molecule has 2 heterocycles. The fraction of sp³-hybridized carbons (Fsp3) is 0.0400. The summed E-state index contributed by atoms with van der Waals surface area (Å²) in [6.45, 7) is 1.98. The van der Waals surface area contributed by atoms with Crippen LogP contribution in [-0.4, -0.2) is 10.9 Å². The van der Waals surface area contributed by atoms with Crippen molar-refractivity contribution in [2.45, 2.75) is 6.92 Å². The van der Waals surface area contributed by atoms with E-state index in [1.807, 2.05) is 25.1 Å². The van der Waals surface area contributed by atoms with Gasteiger partial charge in [-0.15, -0.1) is 0 Å². The molecule has 33 heavy (non-hydrogen) atoms. The predicted octanol–water partition coefficient (Wildman–Crippen LogP) is 8.28. The number of anilines is 1. The first kappa shape index (κ1) is 21.6. The number of furan rings is 1. The van der Waals surface area contributed by atoms with Gasteiger partial charge in [-0.05, 0) is 73.2 Å². The molecule has 0 fully saturated rings. The topological polar surface area (TPSA) is 68.3 Å². The Bertz CT molecular complexity index is 1520. The van der Waals surface area contributed by atoms with E-state index in [1.165, 1.54) is 0 Å². The summed E-state index contributed by atoms with van der Waals surface area (Å²) in [6.07, 6.45) is 0. The van der Waals surface area contributed by atoms with Crippen LogP contribution in [0.1, 0.15) is 16.1 Å². The van der Waals surface area contributed by atoms with E-state index in [2.05, 4.69) is 10.3 Å². The third-order valence-corrected chi connectivity index (χ3v) is 5.92. The van der Waals surface area contributed by atoms with Crippen LogP contribution in [0.5, 0.6) is 0 Å². The van der Waals surface area contributed by atoms with Gasteiger partial charge in [-0.3, -0.25) is 4.79 Å². The minimum absolute atomic E-state index is 0.0971. The van der Waals surface area contributed by atoms with Crippen molar-refractivity contribution in [1.29, 1.82) is 0 Å². The molecule has 1 N–H and O–H groups in total. The summed E-state index contributed by atoms with van der Waals surface area (Å²) in [4.78, 5) is 17.3. The van der Waals surface area contributed by atoms with Gasteiger partial charge in [-0.2, -0.15) is 0 Å². The molecule has 0 atom stereocenters. The smallest absolute Gasteiger partial charge is 0.291 e. The van der Waals surface area contributed by atoms with E-state index < -0.39 is 5.91 Å². The lowest BCUT2D eigenvalue weighted by molar-refractivity contribution is 0.0997. The van der Waals surface area contributed by atoms with Gasteiger partial charge >= 0.3 is 0 Å². The monoisotopic (exact) mass is 496 g/mol. The summed E-state index contributed by atoms with van der Waals surface area (Å²) < 4.78 is 11.6. The number of carbonyl (C=O) groups excluding carboxylic acids is 1. The lowest BCUT2D eigenvalue weighted by Gasteiger charge is -2.07. The van der Waals surface area contributed by atoms with Gasteiger partial charge in [-0.25, -0.2) is 4.98 Å². The van der Waals surface area contributed by atoms with Gasteiger partial charge in [-0.1, -0.05) is 40.9 Å². The molecule has 0 saturated carbocycles. The summed E-state index contributed by atoms with van der Waals surface area (Å²) in [5.41, 5.74) is 4.18. The third kappa shape index (κ3) is 4.35. The first-order chi connectivity index (χ1) is 15.9. The molecule has 5 aromatic rings. The van der Waals surface area contributed by atoms with Crippen LogP contribution in [0, 0.1) is 6.92 Å².